The number of phenolic OH excluding ortho intramolecular Hbond substituents is 1. The summed E-state index contributed by atoms with van der Waals surface area (Å²) in [5.41, 5.74) is 0. The van der Waals surface area contributed by atoms with Crippen molar-refractivity contribution in [1.29, 1.82) is 0 Å². The average molecular weight is 394 g/mol. The first kappa shape index (κ1) is 25.4. The first-order valence-corrected chi connectivity index (χ1v) is 8.87. The number of benzene rings is 1. The van der Waals surface area contributed by atoms with Gasteiger partial charge in [-0.05, 0) is 32.9 Å². The Morgan fingerprint density at radius 3 is 1.86 bits per heavy atom. The van der Waals surface area contributed by atoms with Gasteiger partial charge in [0, 0.05) is 12.2 Å². The molecule has 3 unspecified atom stereocenters. The summed E-state index contributed by atoms with van der Waals surface area (Å²) in [6.45, 7) is 12.7. The number of carbonyl (C=O) groups excluding carboxylic acids is 2. The Kier molecular flexibility index (Phi) is 14.0. The van der Waals surface area contributed by atoms with Crippen molar-refractivity contribution in [1.82, 2.24) is 0 Å². The van der Waals surface area contributed by atoms with Gasteiger partial charge < -0.3 is 24.1 Å². The van der Waals surface area contributed by atoms with Crippen LogP contribution in [-0.4, -0.2) is 55.2 Å². The molecule has 7 heteroatoms. The van der Waals surface area contributed by atoms with Gasteiger partial charge in [-0.15, -0.1) is 0 Å². The molecule has 0 spiro atoms. The third-order valence-corrected chi connectivity index (χ3v) is 3.10. The number of aromatic hydroxyl groups is 1. The molecule has 0 aliphatic rings. The number of para-hydroxylation sites is 1. The van der Waals surface area contributed by atoms with Gasteiger partial charge in [0.05, 0.1) is 25.4 Å². The van der Waals surface area contributed by atoms with Crippen molar-refractivity contribution >= 4 is 11.9 Å². The van der Waals surface area contributed by atoms with Gasteiger partial charge >= 0.3 is 11.9 Å². The average Bonchev–Trinajstić information content (AvgIpc) is 2.69. The van der Waals surface area contributed by atoms with E-state index in [1.807, 2.05) is 13.0 Å². The van der Waals surface area contributed by atoms with Crippen molar-refractivity contribution in [3.63, 3.8) is 0 Å². The Morgan fingerprint density at radius 1 is 0.893 bits per heavy atom. The molecule has 156 valence electrons. The molecule has 0 saturated heterocycles. The van der Waals surface area contributed by atoms with Crippen LogP contribution in [0.5, 0.6) is 5.75 Å². The quantitative estimate of drug-likeness (QED) is 0.456. The third-order valence-electron chi connectivity index (χ3n) is 3.10. The molecule has 7 nitrogen and oxygen atoms in total. The summed E-state index contributed by atoms with van der Waals surface area (Å²) in [5, 5.41) is 8.63. The van der Waals surface area contributed by atoms with Gasteiger partial charge in [-0.1, -0.05) is 31.4 Å². The van der Waals surface area contributed by atoms with E-state index in [2.05, 4.69) is 13.2 Å². The number of hydrogen-bond donors (Lipinski definition) is 1. The molecule has 0 bridgehead atoms. The largest absolute Gasteiger partial charge is 0.508 e. The van der Waals surface area contributed by atoms with Gasteiger partial charge in [-0.25, -0.2) is 9.59 Å². The van der Waals surface area contributed by atoms with E-state index in [1.165, 1.54) is 0 Å². The fraction of sp³-hybridized carbons (Fsp3) is 0.429. The highest BCUT2D eigenvalue weighted by Crippen LogP contribution is 2.03. The van der Waals surface area contributed by atoms with Crippen molar-refractivity contribution in [3.05, 3.63) is 55.6 Å². The normalized spacial score (nSPS) is 13.1. The number of hydrogen-bond acceptors (Lipinski definition) is 7. The molecular formula is C21H30O7. The highest BCUT2D eigenvalue weighted by atomic mass is 16.6. The van der Waals surface area contributed by atoms with Crippen LogP contribution in [0.4, 0.5) is 0 Å². The van der Waals surface area contributed by atoms with Crippen molar-refractivity contribution in [3.8, 4) is 5.75 Å². The Balaban J connectivity index is 0.000000861. The maximum atomic E-state index is 11.0. The second kappa shape index (κ2) is 15.4. The number of phenols is 1. The molecule has 1 N–H and O–H groups in total. The second-order valence-corrected chi connectivity index (χ2v) is 5.91. The van der Waals surface area contributed by atoms with E-state index in [0.29, 0.717) is 12.4 Å². The van der Waals surface area contributed by atoms with E-state index in [4.69, 9.17) is 24.1 Å². The maximum absolute atomic E-state index is 11.0. The molecule has 1 rings (SSSR count). The minimum absolute atomic E-state index is 0.158. The Hall–Kier alpha value is -2.64. The van der Waals surface area contributed by atoms with Crippen molar-refractivity contribution < 1.29 is 33.6 Å². The highest BCUT2D eigenvalue weighted by molar-refractivity contribution is 5.81. The Bertz CT molecular complexity index is 586. The van der Waals surface area contributed by atoms with Crippen LogP contribution in [0.15, 0.2) is 55.6 Å². The summed E-state index contributed by atoms with van der Waals surface area (Å²) < 4.78 is 20.8. The molecule has 28 heavy (non-hydrogen) atoms. The number of esters is 2. The molecule has 0 amide bonds. The van der Waals surface area contributed by atoms with E-state index in [9.17, 15) is 9.59 Å². The van der Waals surface area contributed by atoms with Gasteiger partial charge in [-0.2, -0.15) is 0 Å². The molecule has 0 aliphatic carbocycles. The summed E-state index contributed by atoms with van der Waals surface area (Å²) in [6, 6.07) is 8.71. The van der Waals surface area contributed by atoms with Gasteiger partial charge in [0.1, 0.15) is 18.5 Å². The van der Waals surface area contributed by atoms with Gasteiger partial charge in [0.15, 0.2) is 0 Å². The maximum Gasteiger partial charge on any atom is 0.330 e. The zero-order chi connectivity index (χ0) is 21.4. The lowest BCUT2D eigenvalue weighted by molar-refractivity contribution is -0.148. The van der Waals surface area contributed by atoms with E-state index >= 15 is 0 Å². The Labute approximate surface area is 166 Å². The Morgan fingerprint density at radius 2 is 1.39 bits per heavy atom. The predicted molar refractivity (Wildman–Crippen MR) is 106 cm³/mol. The molecule has 0 radical (unpaired) electrons. The van der Waals surface area contributed by atoms with Crippen LogP contribution in [0.1, 0.15) is 20.8 Å². The van der Waals surface area contributed by atoms with Crippen LogP contribution in [0.3, 0.4) is 0 Å². The SMILES string of the molecule is C=CC(=O)OCC(C)OCC(C)OCC(C)OC(=O)C=C.Oc1ccccc1. The molecule has 0 aliphatic heterocycles. The minimum atomic E-state index is -0.479. The molecule has 1 aromatic rings. The summed E-state index contributed by atoms with van der Waals surface area (Å²) in [4.78, 5) is 21.8. The van der Waals surface area contributed by atoms with Gasteiger partial charge in [-0.3, -0.25) is 0 Å². The van der Waals surface area contributed by atoms with Crippen LogP contribution in [-0.2, 0) is 28.5 Å². The highest BCUT2D eigenvalue weighted by Gasteiger charge is 2.12. The molecule has 0 saturated carbocycles. The number of ether oxygens (including phenoxy) is 4. The topological polar surface area (TPSA) is 91.3 Å². The number of carbonyl (C=O) groups is 2. The standard InChI is InChI=1S/C15H24O6.C6H6O/c1-6-14(16)20-9-12(4)18-8-11(3)19-10-13(5)21-15(17)7-2;7-6-4-2-1-3-5-6/h6-7,11-13H,1-2,8-10H2,3-5H3;1-5,7H. The van der Waals surface area contributed by atoms with Crippen LogP contribution < -0.4 is 0 Å². The zero-order valence-corrected chi connectivity index (χ0v) is 16.7. The summed E-state index contributed by atoms with van der Waals surface area (Å²) in [7, 11) is 0. The molecule has 3 atom stereocenters. The summed E-state index contributed by atoms with van der Waals surface area (Å²) >= 11 is 0. The molecule has 0 heterocycles. The molecule has 0 fully saturated rings. The number of rotatable bonds is 11. The van der Waals surface area contributed by atoms with Gasteiger partial charge in [0.2, 0.25) is 0 Å². The monoisotopic (exact) mass is 394 g/mol. The predicted octanol–water partition coefficient (Wildman–Crippen LogP) is 3.04. The zero-order valence-electron chi connectivity index (χ0n) is 16.7. The second-order valence-electron chi connectivity index (χ2n) is 5.91. The summed E-state index contributed by atoms with van der Waals surface area (Å²) in [5.74, 6) is -0.636. The molecule has 1 aromatic carbocycles. The lowest BCUT2D eigenvalue weighted by atomic mass is 10.3. The fourth-order valence-electron chi connectivity index (χ4n) is 1.66. The van der Waals surface area contributed by atoms with Crippen LogP contribution in [0, 0.1) is 0 Å². The van der Waals surface area contributed by atoms with Crippen molar-refractivity contribution in [2.75, 3.05) is 19.8 Å². The fourth-order valence-corrected chi connectivity index (χ4v) is 1.66. The van der Waals surface area contributed by atoms with E-state index in [1.54, 1.807) is 38.1 Å². The van der Waals surface area contributed by atoms with E-state index in [-0.39, 0.29) is 31.5 Å². The summed E-state index contributed by atoms with van der Waals surface area (Å²) in [6.07, 6.45) is 1.44. The minimum Gasteiger partial charge on any atom is -0.508 e. The molecule has 0 aromatic heterocycles. The van der Waals surface area contributed by atoms with Gasteiger partial charge in [0.25, 0.3) is 0 Å². The first-order valence-electron chi connectivity index (χ1n) is 8.87. The van der Waals surface area contributed by atoms with E-state index in [0.717, 1.165) is 12.2 Å². The smallest absolute Gasteiger partial charge is 0.330 e. The van der Waals surface area contributed by atoms with Crippen molar-refractivity contribution in [2.24, 2.45) is 0 Å². The van der Waals surface area contributed by atoms with Crippen LogP contribution in [0.2, 0.25) is 0 Å². The van der Waals surface area contributed by atoms with E-state index < -0.39 is 11.9 Å². The third kappa shape index (κ3) is 14.5. The molecular weight excluding hydrogens is 364 g/mol. The van der Waals surface area contributed by atoms with Crippen LogP contribution >= 0.6 is 0 Å². The first-order chi connectivity index (χ1) is 13.3. The lowest BCUT2D eigenvalue weighted by Crippen LogP contribution is -2.27. The van der Waals surface area contributed by atoms with Crippen LogP contribution in [0.25, 0.3) is 0 Å². The lowest BCUT2D eigenvalue weighted by Gasteiger charge is -2.19. The van der Waals surface area contributed by atoms with Crippen molar-refractivity contribution in [2.45, 2.75) is 39.1 Å².